The van der Waals surface area contributed by atoms with Gasteiger partial charge in [0.1, 0.15) is 11.6 Å². The highest BCUT2D eigenvalue weighted by atomic mass is 32.2. The van der Waals surface area contributed by atoms with E-state index in [2.05, 4.69) is 0 Å². The molecular weight excluding hydrogens is 433 g/mol. The summed E-state index contributed by atoms with van der Waals surface area (Å²) in [5.41, 5.74) is 0.813. The number of nitrogens with zero attached hydrogens (tertiary/aromatic N) is 1. The molecule has 0 N–H and O–H groups in total. The molecule has 2 fully saturated rings. The maximum Gasteiger partial charge on any atom is 0.261 e. The van der Waals surface area contributed by atoms with E-state index in [1.54, 1.807) is 29.2 Å². The average Bonchev–Trinajstić information content (AvgIpc) is 3.43. The van der Waals surface area contributed by atoms with Crippen LogP contribution in [0.3, 0.4) is 0 Å². The Morgan fingerprint density at radius 2 is 1.50 bits per heavy atom. The third kappa shape index (κ3) is 5.18. The van der Waals surface area contributed by atoms with Crippen LogP contribution in [0.1, 0.15) is 48.0 Å². The number of halogens is 1. The lowest BCUT2D eigenvalue weighted by Gasteiger charge is -2.34. The van der Waals surface area contributed by atoms with E-state index in [0.717, 1.165) is 25.7 Å². The number of carbonyl (C=O) groups is 2. The molecule has 1 heterocycles. The number of hydrogen-bond acceptors (Lipinski definition) is 5. The summed E-state index contributed by atoms with van der Waals surface area (Å²) in [5, 5.41) is 0. The molecule has 4 rings (SSSR count). The van der Waals surface area contributed by atoms with E-state index in [-0.39, 0.29) is 41.9 Å². The minimum absolute atomic E-state index is 0.0232. The van der Waals surface area contributed by atoms with Crippen molar-refractivity contribution in [2.75, 3.05) is 18.1 Å². The third-order valence-electron chi connectivity index (χ3n) is 6.19. The van der Waals surface area contributed by atoms with Gasteiger partial charge in [0.15, 0.2) is 22.2 Å². The maximum absolute atomic E-state index is 13.1. The zero-order valence-electron chi connectivity index (χ0n) is 17.7. The van der Waals surface area contributed by atoms with Gasteiger partial charge in [0.05, 0.1) is 11.5 Å². The first-order valence-corrected chi connectivity index (χ1v) is 12.7. The Morgan fingerprint density at radius 1 is 0.906 bits per heavy atom. The summed E-state index contributed by atoms with van der Waals surface area (Å²) in [4.78, 5) is 27.3. The van der Waals surface area contributed by atoms with Crippen LogP contribution in [-0.2, 0) is 14.6 Å². The topological polar surface area (TPSA) is 80.8 Å². The van der Waals surface area contributed by atoms with Crippen molar-refractivity contribution < 1.29 is 27.1 Å². The molecule has 1 aliphatic carbocycles. The van der Waals surface area contributed by atoms with Gasteiger partial charge < -0.3 is 9.64 Å². The second kappa shape index (κ2) is 9.40. The molecule has 0 spiro atoms. The Hall–Kier alpha value is -2.74. The largest absolute Gasteiger partial charge is 0.484 e. The standard InChI is InChI=1S/C24H26FNO5S/c25-19-9-5-17(6-10-19)24(28)18-7-11-22(12-8-18)31-15-23(27)26(20-3-1-2-4-20)21-13-14-32(29,30)16-21/h5-12,20-21H,1-4,13-16H2/t21-/m1/s1. The van der Waals surface area contributed by atoms with Crippen LogP contribution in [0, 0.1) is 5.82 Å². The lowest BCUT2D eigenvalue weighted by Crippen LogP contribution is -2.48. The molecule has 170 valence electrons. The van der Waals surface area contributed by atoms with E-state index in [9.17, 15) is 22.4 Å². The highest BCUT2D eigenvalue weighted by molar-refractivity contribution is 7.91. The number of amides is 1. The SMILES string of the molecule is O=C(c1ccc(F)cc1)c1ccc(OCC(=O)N(C2CCCC2)[C@@H]2CCS(=O)(=O)C2)cc1. The van der Waals surface area contributed by atoms with Gasteiger partial charge in [-0.15, -0.1) is 0 Å². The maximum atomic E-state index is 13.1. The highest BCUT2D eigenvalue weighted by Gasteiger charge is 2.39. The number of rotatable bonds is 7. The van der Waals surface area contributed by atoms with Crippen molar-refractivity contribution in [3.05, 3.63) is 65.5 Å². The molecule has 2 aromatic rings. The summed E-state index contributed by atoms with van der Waals surface area (Å²) in [6.07, 6.45) is 4.34. The molecule has 1 saturated heterocycles. The van der Waals surface area contributed by atoms with Crippen molar-refractivity contribution >= 4 is 21.5 Å². The van der Waals surface area contributed by atoms with Crippen molar-refractivity contribution in [3.63, 3.8) is 0 Å². The van der Waals surface area contributed by atoms with Crippen LogP contribution >= 0.6 is 0 Å². The number of ether oxygens (including phenoxy) is 1. The molecule has 2 aromatic carbocycles. The van der Waals surface area contributed by atoms with Crippen LogP contribution in [-0.4, -0.2) is 55.2 Å². The molecule has 0 bridgehead atoms. The molecule has 32 heavy (non-hydrogen) atoms. The molecule has 1 amide bonds. The first kappa shape index (κ1) is 22.5. The quantitative estimate of drug-likeness (QED) is 0.593. The second-order valence-corrected chi connectivity index (χ2v) is 10.7. The van der Waals surface area contributed by atoms with Gasteiger partial charge in [-0.2, -0.15) is 0 Å². The molecule has 1 aliphatic heterocycles. The molecule has 0 radical (unpaired) electrons. The van der Waals surface area contributed by atoms with Crippen LogP contribution in [0.15, 0.2) is 48.5 Å². The van der Waals surface area contributed by atoms with Crippen LogP contribution in [0.5, 0.6) is 5.75 Å². The minimum atomic E-state index is -3.10. The van der Waals surface area contributed by atoms with E-state index in [1.807, 2.05) is 0 Å². The zero-order chi connectivity index (χ0) is 22.7. The fraction of sp³-hybridized carbons (Fsp3) is 0.417. The average molecular weight is 460 g/mol. The van der Waals surface area contributed by atoms with Crippen LogP contribution < -0.4 is 4.74 Å². The van der Waals surface area contributed by atoms with Gasteiger partial charge in [0, 0.05) is 23.2 Å². The predicted octanol–water partition coefficient (Wildman–Crippen LogP) is 3.39. The van der Waals surface area contributed by atoms with Crippen molar-refractivity contribution in [2.24, 2.45) is 0 Å². The summed E-state index contributed by atoms with van der Waals surface area (Å²) in [6, 6.07) is 11.6. The summed E-state index contributed by atoms with van der Waals surface area (Å²) in [5.74, 6) is -0.252. The summed E-state index contributed by atoms with van der Waals surface area (Å²) >= 11 is 0. The lowest BCUT2D eigenvalue weighted by atomic mass is 10.0. The van der Waals surface area contributed by atoms with E-state index < -0.39 is 15.7 Å². The smallest absolute Gasteiger partial charge is 0.261 e. The van der Waals surface area contributed by atoms with Crippen molar-refractivity contribution in [1.82, 2.24) is 4.90 Å². The van der Waals surface area contributed by atoms with Gasteiger partial charge in [0.2, 0.25) is 0 Å². The number of sulfone groups is 1. The first-order valence-electron chi connectivity index (χ1n) is 10.9. The Labute approximate surface area is 187 Å². The van der Waals surface area contributed by atoms with Gasteiger partial charge >= 0.3 is 0 Å². The summed E-state index contributed by atoms with van der Waals surface area (Å²) < 4.78 is 42.6. The fourth-order valence-electron chi connectivity index (χ4n) is 4.57. The summed E-state index contributed by atoms with van der Waals surface area (Å²) in [6.45, 7) is -0.182. The van der Waals surface area contributed by atoms with Crippen LogP contribution in [0.25, 0.3) is 0 Å². The van der Waals surface area contributed by atoms with Gasteiger partial charge in [-0.05, 0) is 67.8 Å². The predicted molar refractivity (Wildman–Crippen MR) is 118 cm³/mol. The van der Waals surface area contributed by atoms with E-state index in [4.69, 9.17) is 4.74 Å². The van der Waals surface area contributed by atoms with Gasteiger partial charge in [-0.25, -0.2) is 12.8 Å². The molecule has 1 atom stereocenters. The molecule has 8 heteroatoms. The number of ketones is 1. The Balaban J connectivity index is 1.39. The van der Waals surface area contributed by atoms with Crippen LogP contribution in [0.2, 0.25) is 0 Å². The Kier molecular flexibility index (Phi) is 6.60. The van der Waals surface area contributed by atoms with E-state index in [1.165, 1.54) is 24.3 Å². The molecular formula is C24H26FNO5S. The van der Waals surface area contributed by atoms with Crippen molar-refractivity contribution in [3.8, 4) is 5.75 Å². The zero-order valence-corrected chi connectivity index (χ0v) is 18.5. The third-order valence-corrected chi connectivity index (χ3v) is 7.94. The molecule has 0 unspecified atom stereocenters. The van der Waals surface area contributed by atoms with Crippen molar-refractivity contribution in [2.45, 2.75) is 44.2 Å². The molecule has 0 aromatic heterocycles. The van der Waals surface area contributed by atoms with Crippen molar-refractivity contribution in [1.29, 1.82) is 0 Å². The van der Waals surface area contributed by atoms with E-state index in [0.29, 0.717) is 23.3 Å². The Morgan fingerprint density at radius 3 is 2.06 bits per heavy atom. The van der Waals surface area contributed by atoms with E-state index >= 15 is 0 Å². The van der Waals surface area contributed by atoms with Gasteiger partial charge in [-0.3, -0.25) is 9.59 Å². The number of benzene rings is 2. The monoisotopic (exact) mass is 459 g/mol. The van der Waals surface area contributed by atoms with Gasteiger partial charge in [0.25, 0.3) is 5.91 Å². The second-order valence-electron chi connectivity index (χ2n) is 8.45. The normalized spacial score (nSPS) is 20.2. The lowest BCUT2D eigenvalue weighted by molar-refractivity contribution is -0.137. The highest BCUT2D eigenvalue weighted by Crippen LogP contribution is 2.29. The molecule has 2 aliphatic rings. The van der Waals surface area contributed by atoms with Crippen LogP contribution in [0.4, 0.5) is 4.39 Å². The molecule has 6 nitrogen and oxygen atoms in total. The van der Waals surface area contributed by atoms with Gasteiger partial charge in [-0.1, -0.05) is 12.8 Å². The summed E-state index contributed by atoms with van der Waals surface area (Å²) in [7, 11) is -3.10. The number of carbonyl (C=O) groups excluding carboxylic acids is 2. The fourth-order valence-corrected chi connectivity index (χ4v) is 6.28. The Bertz CT molecular complexity index is 1080. The first-order chi connectivity index (χ1) is 15.3. The number of hydrogen-bond donors (Lipinski definition) is 0. The molecule has 1 saturated carbocycles. The minimum Gasteiger partial charge on any atom is -0.484 e.